The molecule has 1 aliphatic heterocycles. The first-order valence-corrected chi connectivity index (χ1v) is 11.3. The van der Waals surface area contributed by atoms with Gasteiger partial charge >= 0.3 is 5.97 Å². The molecule has 4 aromatic carbocycles. The molecule has 1 aliphatic carbocycles. The minimum absolute atomic E-state index is 0.295. The van der Waals surface area contributed by atoms with Crippen molar-refractivity contribution in [2.45, 2.75) is 18.9 Å². The van der Waals surface area contributed by atoms with Crippen molar-refractivity contribution in [3.63, 3.8) is 0 Å². The molecule has 33 heavy (non-hydrogen) atoms. The summed E-state index contributed by atoms with van der Waals surface area (Å²) in [5.41, 5.74) is 13.2. The van der Waals surface area contributed by atoms with E-state index in [4.69, 9.17) is 4.74 Å². The van der Waals surface area contributed by atoms with Crippen molar-refractivity contribution < 1.29 is 9.53 Å². The van der Waals surface area contributed by atoms with Gasteiger partial charge in [0.25, 0.3) is 0 Å². The first-order valence-electron chi connectivity index (χ1n) is 11.3. The fourth-order valence-electron chi connectivity index (χ4n) is 4.91. The van der Waals surface area contributed by atoms with Crippen LogP contribution in [0.2, 0.25) is 0 Å². The molecule has 1 atom stereocenters. The highest BCUT2D eigenvalue weighted by Crippen LogP contribution is 2.41. The fourth-order valence-corrected chi connectivity index (χ4v) is 4.91. The molecule has 0 bridgehead atoms. The second-order valence-electron chi connectivity index (χ2n) is 8.47. The van der Waals surface area contributed by atoms with Crippen LogP contribution in [0.1, 0.15) is 49.8 Å². The number of ether oxygens (including phenoxy) is 1. The molecule has 1 unspecified atom stereocenters. The van der Waals surface area contributed by atoms with Crippen molar-refractivity contribution in [2.75, 3.05) is 0 Å². The van der Waals surface area contributed by atoms with Gasteiger partial charge in [0.15, 0.2) is 6.10 Å². The molecule has 0 saturated carbocycles. The topological polar surface area (TPSA) is 26.3 Å². The number of benzene rings is 4. The second kappa shape index (κ2) is 8.09. The Morgan fingerprint density at radius 1 is 0.606 bits per heavy atom. The molecule has 158 valence electrons. The quantitative estimate of drug-likeness (QED) is 0.247. The molecule has 2 nitrogen and oxygen atoms in total. The number of carbonyl (C=O) groups excluding carboxylic acids is 1. The van der Waals surface area contributed by atoms with Gasteiger partial charge in [-0.3, -0.25) is 0 Å². The SMILES string of the molecule is O=C1OC(c2ccccc2)C(=C=C2c3ccccc3CCc3ccccc32)c2ccccc21. The summed E-state index contributed by atoms with van der Waals surface area (Å²) in [4.78, 5) is 12.9. The summed E-state index contributed by atoms with van der Waals surface area (Å²) < 4.78 is 6.01. The van der Waals surface area contributed by atoms with Crippen LogP contribution in [0.25, 0.3) is 11.1 Å². The number of hydrogen-bond donors (Lipinski definition) is 0. The number of esters is 1. The maximum absolute atomic E-state index is 12.9. The van der Waals surface area contributed by atoms with Gasteiger partial charge in [-0.25, -0.2) is 4.79 Å². The van der Waals surface area contributed by atoms with E-state index in [0.29, 0.717) is 5.56 Å². The molecule has 2 aliphatic rings. The molecule has 0 radical (unpaired) electrons. The molecule has 4 aromatic rings. The number of carbonyl (C=O) groups is 1. The van der Waals surface area contributed by atoms with Gasteiger partial charge in [0.2, 0.25) is 0 Å². The molecule has 0 N–H and O–H groups in total. The zero-order valence-corrected chi connectivity index (χ0v) is 18.1. The largest absolute Gasteiger partial charge is 0.448 e. The molecule has 2 heteroatoms. The van der Waals surface area contributed by atoms with E-state index in [1.807, 2.05) is 54.6 Å². The van der Waals surface area contributed by atoms with Crippen molar-refractivity contribution in [3.05, 3.63) is 148 Å². The van der Waals surface area contributed by atoms with Gasteiger partial charge < -0.3 is 4.74 Å². The Morgan fingerprint density at radius 3 is 1.76 bits per heavy atom. The lowest BCUT2D eigenvalue weighted by molar-refractivity contribution is 0.0388. The van der Waals surface area contributed by atoms with Gasteiger partial charge in [-0.1, -0.05) is 97.1 Å². The van der Waals surface area contributed by atoms with Crippen molar-refractivity contribution >= 4 is 17.1 Å². The van der Waals surface area contributed by atoms with Crippen LogP contribution in [-0.2, 0) is 17.6 Å². The summed E-state index contributed by atoms with van der Waals surface area (Å²) >= 11 is 0. The summed E-state index contributed by atoms with van der Waals surface area (Å²) in [5, 5.41) is 0. The zero-order valence-electron chi connectivity index (χ0n) is 18.1. The number of rotatable bonds is 1. The average molecular weight is 427 g/mol. The van der Waals surface area contributed by atoms with Crippen LogP contribution in [0.4, 0.5) is 0 Å². The third-order valence-electron chi connectivity index (χ3n) is 6.52. The van der Waals surface area contributed by atoms with E-state index in [2.05, 4.69) is 54.3 Å². The lowest BCUT2D eigenvalue weighted by atomic mass is 9.87. The van der Waals surface area contributed by atoms with Gasteiger partial charge in [0.05, 0.1) is 5.56 Å². The van der Waals surface area contributed by atoms with Crippen molar-refractivity contribution in [3.8, 4) is 0 Å². The minimum Gasteiger partial charge on any atom is -0.448 e. The lowest BCUT2D eigenvalue weighted by Crippen LogP contribution is -2.20. The first-order chi connectivity index (χ1) is 16.3. The highest BCUT2D eigenvalue weighted by atomic mass is 16.5. The van der Waals surface area contributed by atoms with Crippen LogP contribution in [0.5, 0.6) is 0 Å². The van der Waals surface area contributed by atoms with Crippen LogP contribution in [0.3, 0.4) is 0 Å². The predicted molar refractivity (Wildman–Crippen MR) is 131 cm³/mol. The molecular weight excluding hydrogens is 404 g/mol. The number of cyclic esters (lactones) is 1. The third kappa shape index (κ3) is 3.42. The summed E-state index contributed by atoms with van der Waals surface area (Å²) in [6, 6.07) is 34.8. The van der Waals surface area contributed by atoms with Crippen LogP contribution >= 0.6 is 0 Å². The summed E-state index contributed by atoms with van der Waals surface area (Å²) in [6.07, 6.45) is 1.46. The number of hydrogen-bond acceptors (Lipinski definition) is 2. The summed E-state index contributed by atoms with van der Waals surface area (Å²) in [6.45, 7) is 0. The Balaban J connectivity index is 1.72. The Kier molecular flexibility index (Phi) is 4.79. The smallest absolute Gasteiger partial charge is 0.339 e. The van der Waals surface area contributed by atoms with Crippen LogP contribution in [0, 0.1) is 0 Å². The highest BCUT2D eigenvalue weighted by molar-refractivity contribution is 6.01. The van der Waals surface area contributed by atoms with Crippen molar-refractivity contribution in [2.24, 2.45) is 0 Å². The van der Waals surface area contributed by atoms with E-state index in [9.17, 15) is 4.79 Å². The van der Waals surface area contributed by atoms with Crippen LogP contribution < -0.4 is 0 Å². The van der Waals surface area contributed by atoms with Crippen molar-refractivity contribution in [1.29, 1.82) is 0 Å². The summed E-state index contributed by atoms with van der Waals surface area (Å²) in [7, 11) is 0. The van der Waals surface area contributed by atoms with E-state index in [1.165, 1.54) is 22.3 Å². The van der Waals surface area contributed by atoms with E-state index in [0.717, 1.165) is 35.1 Å². The van der Waals surface area contributed by atoms with E-state index >= 15 is 0 Å². The fraction of sp³-hybridized carbons (Fsp3) is 0.0968. The van der Waals surface area contributed by atoms with Crippen LogP contribution in [0.15, 0.2) is 109 Å². The van der Waals surface area contributed by atoms with Crippen LogP contribution in [-0.4, -0.2) is 5.97 Å². The standard InChI is InChI=1S/C31H22O2/c32-31-27-17-9-8-16-26(27)29(30(33-31)23-12-2-1-3-13-23)20-28-24-14-6-4-10-21(24)18-19-22-11-5-7-15-25(22)28/h1-17,30H,18-19H2. The molecular formula is C31H22O2. The summed E-state index contributed by atoms with van der Waals surface area (Å²) in [5.74, 6) is -0.295. The number of fused-ring (bicyclic) bond motifs is 3. The van der Waals surface area contributed by atoms with Gasteiger partial charge in [0, 0.05) is 16.7 Å². The average Bonchev–Trinajstić information content (AvgIpc) is 3.03. The van der Waals surface area contributed by atoms with Gasteiger partial charge in [-0.2, -0.15) is 0 Å². The molecule has 0 fully saturated rings. The normalized spacial score (nSPS) is 16.6. The van der Waals surface area contributed by atoms with Gasteiger partial charge in [0.1, 0.15) is 0 Å². The monoisotopic (exact) mass is 426 g/mol. The molecule has 0 spiro atoms. The van der Waals surface area contributed by atoms with E-state index in [-0.39, 0.29) is 5.97 Å². The molecule has 0 aromatic heterocycles. The van der Waals surface area contributed by atoms with Gasteiger partial charge in [-0.15, -0.1) is 5.73 Å². The van der Waals surface area contributed by atoms with Gasteiger partial charge in [-0.05, 0) is 46.7 Å². The van der Waals surface area contributed by atoms with E-state index in [1.54, 1.807) is 0 Å². The molecule has 6 rings (SSSR count). The predicted octanol–water partition coefficient (Wildman–Crippen LogP) is 6.81. The Hall–Kier alpha value is -4.13. The van der Waals surface area contributed by atoms with E-state index < -0.39 is 6.10 Å². The number of aryl methyl sites for hydroxylation is 2. The maximum atomic E-state index is 12.9. The van der Waals surface area contributed by atoms with Crippen molar-refractivity contribution in [1.82, 2.24) is 0 Å². The zero-order chi connectivity index (χ0) is 22.2. The molecule has 0 saturated heterocycles. The second-order valence-corrected chi connectivity index (χ2v) is 8.47. The third-order valence-corrected chi connectivity index (χ3v) is 6.52. The minimum atomic E-state index is -0.510. The molecule has 1 heterocycles. The Morgan fingerprint density at radius 2 is 1.12 bits per heavy atom. The first kappa shape index (κ1) is 19.5. The highest BCUT2D eigenvalue weighted by Gasteiger charge is 2.32. The molecule has 0 amide bonds. The Labute approximate surface area is 193 Å². The maximum Gasteiger partial charge on any atom is 0.339 e. The Bertz CT molecular complexity index is 1390. The lowest BCUT2D eigenvalue weighted by Gasteiger charge is -2.27.